The lowest BCUT2D eigenvalue weighted by Crippen LogP contribution is -2.50. The van der Waals surface area contributed by atoms with Crippen molar-refractivity contribution in [3.05, 3.63) is 20.3 Å². The lowest BCUT2D eigenvalue weighted by Gasteiger charge is -2.32. The minimum Gasteiger partial charge on any atom is -0.353 e. The predicted molar refractivity (Wildman–Crippen MR) is 67.3 cm³/mol. The van der Waals surface area contributed by atoms with Crippen molar-refractivity contribution in [2.45, 2.75) is 13.0 Å². The number of halogens is 1. The third-order valence-corrected chi connectivity index (χ3v) is 3.42. The highest BCUT2D eigenvalue weighted by molar-refractivity contribution is 14.1. The lowest BCUT2D eigenvalue weighted by molar-refractivity contribution is 0.481. The smallest absolute Gasteiger partial charge is 0.266 e. The normalized spacial score (nSPS) is 21.7. The third kappa shape index (κ3) is 2.31. The van der Waals surface area contributed by atoms with Crippen LogP contribution in [0.4, 0.5) is 5.82 Å². The number of nitrogens with one attached hydrogen (secondary N) is 2. The summed E-state index contributed by atoms with van der Waals surface area (Å²) in [5.74, 6) is 0.799. The van der Waals surface area contributed by atoms with Crippen LogP contribution >= 0.6 is 22.6 Å². The summed E-state index contributed by atoms with van der Waals surface area (Å²) in [5, 5.41) is 3.36. The number of hydrogen-bond donors (Lipinski definition) is 2. The Labute approximate surface area is 101 Å². The summed E-state index contributed by atoms with van der Waals surface area (Å²) in [7, 11) is 0. The molecule has 0 amide bonds. The molecule has 1 aromatic rings. The Hall–Kier alpha value is -0.630. The first kappa shape index (κ1) is 10.9. The minimum atomic E-state index is -0.0632. The second kappa shape index (κ2) is 4.48. The van der Waals surface area contributed by atoms with Gasteiger partial charge in [-0.05, 0) is 29.5 Å². The molecule has 0 aromatic carbocycles. The summed E-state index contributed by atoms with van der Waals surface area (Å²) in [6, 6.07) is 0.440. The summed E-state index contributed by atoms with van der Waals surface area (Å²) < 4.78 is 0.671. The summed E-state index contributed by atoms with van der Waals surface area (Å²) in [6.45, 7) is 4.86. The molecule has 1 fully saturated rings. The Morgan fingerprint density at radius 2 is 2.47 bits per heavy atom. The van der Waals surface area contributed by atoms with Crippen molar-refractivity contribution in [3.8, 4) is 0 Å². The van der Waals surface area contributed by atoms with E-state index in [-0.39, 0.29) is 5.56 Å². The van der Waals surface area contributed by atoms with Crippen molar-refractivity contribution in [1.82, 2.24) is 15.3 Å². The molecule has 1 aromatic heterocycles. The molecule has 2 heterocycles. The van der Waals surface area contributed by atoms with Gasteiger partial charge in [-0.2, -0.15) is 0 Å². The van der Waals surface area contributed by atoms with Crippen LogP contribution in [0.15, 0.2) is 11.1 Å². The first-order valence-electron chi connectivity index (χ1n) is 4.90. The van der Waals surface area contributed by atoms with Crippen LogP contribution in [0.2, 0.25) is 0 Å². The van der Waals surface area contributed by atoms with Crippen molar-refractivity contribution >= 4 is 28.4 Å². The average Bonchev–Trinajstić information content (AvgIpc) is 2.22. The van der Waals surface area contributed by atoms with Crippen LogP contribution in [0.25, 0.3) is 0 Å². The fourth-order valence-corrected chi connectivity index (χ4v) is 2.35. The second-order valence-electron chi connectivity index (χ2n) is 3.67. The van der Waals surface area contributed by atoms with E-state index in [9.17, 15) is 4.79 Å². The quantitative estimate of drug-likeness (QED) is 0.725. The van der Waals surface area contributed by atoms with E-state index in [4.69, 9.17) is 0 Å². The largest absolute Gasteiger partial charge is 0.353 e. The first-order chi connectivity index (χ1) is 7.18. The molecule has 1 atom stereocenters. The number of H-pyrrole nitrogens is 1. The lowest BCUT2D eigenvalue weighted by atomic mass is 10.2. The number of aromatic amines is 1. The van der Waals surface area contributed by atoms with Crippen LogP contribution in [0, 0.1) is 3.57 Å². The molecule has 1 aliphatic heterocycles. The molecule has 5 nitrogen and oxygen atoms in total. The molecule has 0 aliphatic carbocycles. The van der Waals surface area contributed by atoms with E-state index in [2.05, 4.69) is 27.1 Å². The molecule has 0 radical (unpaired) electrons. The van der Waals surface area contributed by atoms with E-state index in [0.717, 1.165) is 25.5 Å². The molecular weight excluding hydrogens is 307 g/mol. The Kier molecular flexibility index (Phi) is 3.25. The summed E-state index contributed by atoms with van der Waals surface area (Å²) >= 11 is 2.05. The standard InChI is InChI=1S/C9H13IN4O/c1-6-4-14(3-2-11-6)8-7(10)9(15)13-5-12-8/h5-6,11H,2-4H2,1H3,(H,12,13,15). The Balaban J connectivity index is 2.28. The van der Waals surface area contributed by atoms with Gasteiger partial charge in [0.05, 0.1) is 6.33 Å². The van der Waals surface area contributed by atoms with E-state index < -0.39 is 0 Å². The van der Waals surface area contributed by atoms with Gasteiger partial charge < -0.3 is 15.2 Å². The number of rotatable bonds is 1. The zero-order valence-corrected chi connectivity index (χ0v) is 10.6. The number of nitrogens with zero attached hydrogens (tertiary/aromatic N) is 2. The topological polar surface area (TPSA) is 61.0 Å². The van der Waals surface area contributed by atoms with Crippen LogP contribution in [-0.2, 0) is 0 Å². The van der Waals surface area contributed by atoms with Gasteiger partial charge in [-0.1, -0.05) is 0 Å². The molecule has 0 spiro atoms. The van der Waals surface area contributed by atoms with Crippen LogP contribution < -0.4 is 15.8 Å². The minimum absolute atomic E-state index is 0.0632. The van der Waals surface area contributed by atoms with Gasteiger partial charge >= 0.3 is 0 Å². The number of hydrogen-bond acceptors (Lipinski definition) is 4. The van der Waals surface area contributed by atoms with E-state index in [1.807, 2.05) is 22.6 Å². The third-order valence-electron chi connectivity index (χ3n) is 2.45. The van der Waals surface area contributed by atoms with Crippen molar-refractivity contribution in [2.24, 2.45) is 0 Å². The summed E-state index contributed by atoms with van der Waals surface area (Å²) in [6.07, 6.45) is 1.46. The van der Waals surface area contributed by atoms with Gasteiger partial charge in [-0.25, -0.2) is 4.98 Å². The molecule has 2 rings (SSSR count). The van der Waals surface area contributed by atoms with E-state index in [1.165, 1.54) is 6.33 Å². The molecule has 0 bridgehead atoms. The van der Waals surface area contributed by atoms with Gasteiger partial charge in [0.25, 0.3) is 5.56 Å². The van der Waals surface area contributed by atoms with E-state index in [1.54, 1.807) is 0 Å². The van der Waals surface area contributed by atoms with Crippen LogP contribution in [0.1, 0.15) is 6.92 Å². The van der Waals surface area contributed by atoms with Gasteiger partial charge in [0.15, 0.2) is 0 Å². The van der Waals surface area contributed by atoms with Crippen molar-refractivity contribution < 1.29 is 0 Å². The van der Waals surface area contributed by atoms with Crippen molar-refractivity contribution in [3.63, 3.8) is 0 Å². The highest BCUT2D eigenvalue weighted by atomic mass is 127. The molecule has 82 valence electrons. The zero-order valence-electron chi connectivity index (χ0n) is 8.46. The highest BCUT2D eigenvalue weighted by Crippen LogP contribution is 2.16. The maximum atomic E-state index is 11.4. The molecule has 6 heteroatoms. The fraction of sp³-hybridized carbons (Fsp3) is 0.556. The highest BCUT2D eigenvalue weighted by Gasteiger charge is 2.19. The molecule has 2 N–H and O–H groups in total. The summed E-state index contributed by atoms with van der Waals surface area (Å²) in [5.41, 5.74) is -0.0632. The summed E-state index contributed by atoms with van der Waals surface area (Å²) in [4.78, 5) is 20.4. The van der Waals surface area contributed by atoms with Gasteiger partial charge in [0.1, 0.15) is 9.39 Å². The number of anilines is 1. The van der Waals surface area contributed by atoms with Gasteiger partial charge in [0, 0.05) is 25.7 Å². The molecule has 1 saturated heterocycles. The van der Waals surface area contributed by atoms with Crippen LogP contribution in [0.5, 0.6) is 0 Å². The van der Waals surface area contributed by atoms with E-state index >= 15 is 0 Å². The molecule has 0 saturated carbocycles. The number of piperazine rings is 1. The average molecular weight is 320 g/mol. The monoisotopic (exact) mass is 320 g/mol. The van der Waals surface area contributed by atoms with Crippen LogP contribution in [-0.4, -0.2) is 35.6 Å². The molecule has 1 aliphatic rings. The van der Waals surface area contributed by atoms with E-state index in [0.29, 0.717) is 9.61 Å². The van der Waals surface area contributed by atoms with Crippen molar-refractivity contribution in [2.75, 3.05) is 24.5 Å². The van der Waals surface area contributed by atoms with Crippen LogP contribution in [0.3, 0.4) is 0 Å². The second-order valence-corrected chi connectivity index (χ2v) is 4.75. The number of aromatic nitrogens is 2. The maximum Gasteiger partial charge on any atom is 0.266 e. The zero-order chi connectivity index (χ0) is 10.8. The Morgan fingerprint density at radius 1 is 1.67 bits per heavy atom. The van der Waals surface area contributed by atoms with Crippen molar-refractivity contribution in [1.29, 1.82) is 0 Å². The van der Waals surface area contributed by atoms with Gasteiger partial charge in [-0.3, -0.25) is 4.79 Å². The Morgan fingerprint density at radius 3 is 3.20 bits per heavy atom. The predicted octanol–water partition coefficient (Wildman–Crippen LogP) is 0.173. The van der Waals surface area contributed by atoms with Gasteiger partial charge in [-0.15, -0.1) is 0 Å². The molecular formula is C9H13IN4O. The molecule has 15 heavy (non-hydrogen) atoms. The Bertz CT molecular complexity index is 405. The fourth-order valence-electron chi connectivity index (χ4n) is 1.72. The SMILES string of the molecule is CC1CN(c2nc[nH]c(=O)c2I)CCN1. The molecule has 1 unspecified atom stereocenters. The van der Waals surface area contributed by atoms with Gasteiger partial charge in [0.2, 0.25) is 0 Å². The first-order valence-corrected chi connectivity index (χ1v) is 5.98. The maximum absolute atomic E-state index is 11.4.